The van der Waals surface area contributed by atoms with Crippen LogP contribution in [0.4, 0.5) is 0 Å². The van der Waals surface area contributed by atoms with Crippen LogP contribution in [0.15, 0.2) is 30.9 Å². The molecule has 0 aromatic carbocycles. The molecule has 0 aliphatic heterocycles. The Morgan fingerprint density at radius 2 is 2.23 bits per heavy atom. The van der Waals surface area contributed by atoms with Gasteiger partial charge >= 0.3 is 0 Å². The average Bonchev–Trinajstić information content (AvgIpc) is 2.52. The predicted molar refractivity (Wildman–Crippen MR) is 57.6 cm³/mol. The highest BCUT2D eigenvalue weighted by atomic mass is 32.1. The van der Waals surface area contributed by atoms with Crippen LogP contribution in [0.1, 0.15) is 17.5 Å². The Kier molecular flexibility index (Phi) is 3.58. The molecule has 0 aliphatic carbocycles. The summed E-state index contributed by atoms with van der Waals surface area (Å²) >= 11 is 1.40. The third kappa shape index (κ3) is 2.63. The summed E-state index contributed by atoms with van der Waals surface area (Å²) in [7, 11) is 0. The molecule has 0 N–H and O–H groups in total. The van der Waals surface area contributed by atoms with Gasteiger partial charge in [0, 0.05) is 0 Å². The van der Waals surface area contributed by atoms with Crippen LogP contribution in [-0.2, 0) is 0 Å². The highest BCUT2D eigenvalue weighted by molar-refractivity contribution is 7.05. The van der Waals surface area contributed by atoms with Crippen LogP contribution < -0.4 is 0 Å². The van der Waals surface area contributed by atoms with E-state index in [2.05, 4.69) is 16.2 Å². The van der Waals surface area contributed by atoms with Crippen LogP contribution in [0.25, 0.3) is 5.57 Å². The zero-order valence-corrected chi connectivity index (χ0v) is 8.64. The van der Waals surface area contributed by atoms with Gasteiger partial charge in [-0.3, -0.25) is 0 Å². The molecular weight excluding hydrogens is 180 g/mol. The summed E-state index contributed by atoms with van der Waals surface area (Å²) in [6.07, 6.45) is 7.81. The molecule has 0 spiro atoms. The van der Waals surface area contributed by atoms with Gasteiger partial charge in [0.05, 0.1) is 4.88 Å². The molecule has 0 bridgehead atoms. The van der Waals surface area contributed by atoms with Crippen molar-refractivity contribution in [2.45, 2.75) is 13.8 Å². The molecule has 3 heteroatoms. The summed E-state index contributed by atoms with van der Waals surface area (Å²) in [6, 6.07) is 0. The minimum absolute atomic E-state index is 0.894. The van der Waals surface area contributed by atoms with E-state index in [0.717, 1.165) is 16.1 Å². The first kappa shape index (κ1) is 9.86. The highest BCUT2D eigenvalue weighted by Gasteiger charge is 2.03. The number of hydrogen-bond acceptors (Lipinski definition) is 3. The van der Waals surface area contributed by atoms with Gasteiger partial charge < -0.3 is 0 Å². The van der Waals surface area contributed by atoms with E-state index in [9.17, 15) is 0 Å². The molecule has 2 nitrogen and oxygen atoms in total. The second kappa shape index (κ2) is 4.72. The van der Waals surface area contributed by atoms with Gasteiger partial charge in [0.15, 0.2) is 0 Å². The summed E-state index contributed by atoms with van der Waals surface area (Å²) in [5.41, 5.74) is 1.80. The fourth-order valence-electron chi connectivity index (χ4n) is 0.888. The second-order valence-corrected chi connectivity index (χ2v) is 3.55. The minimum Gasteiger partial charge on any atom is -0.138 e. The van der Waals surface area contributed by atoms with Gasteiger partial charge in [-0.15, -0.1) is 5.10 Å². The van der Waals surface area contributed by atoms with Crippen molar-refractivity contribution in [3.63, 3.8) is 0 Å². The van der Waals surface area contributed by atoms with Gasteiger partial charge in [0.2, 0.25) is 0 Å². The third-order valence-electron chi connectivity index (χ3n) is 1.56. The Labute approximate surface area is 82.5 Å². The third-order valence-corrected chi connectivity index (χ3v) is 2.19. The topological polar surface area (TPSA) is 25.8 Å². The van der Waals surface area contributed by atoms with Crippen LogP contribution in [0.3, 0.4) is 0 Å². The maximum Gasteiger partial charge on any atom is 0.108 e. The maximum atomic E-state index is 3.99. The molecule has 0 fully saturated rings. The van der Waals surface area contributed by atoms with E-state index in [1.165, 1.54) is 11.5 Å². The van der Waals surface area contributed by atoms with Crippen molar-refractivity contribution in [2.75, 3.05) is 0 Å². The number of hydrogen-bond donors (Lipinski definition) is 0. The molecule has 1 rings (SSSR count). The molecule has 0 aliphatic rings. The summed E-state index contributed by atoms with van der Waals surface area (Å²) in [5.74, 6) is 0. The van der Waals surface area contributed by atoms with E-state index >= 15 is 0 Å². The molecule has 0 saturated carbocycles. The van der Waals surface area contributed by atoms with Gasteiger partial charge in [-0.05, 0) is 31.0 Å². The monoisotopic (exact) mass is 192 g/mol. The summed E-state index contributed by atoms with van der Waals surface area (Å²) in [4.78, 5) is 1.11. The lowest BCUT2D eigenvalue weighted by Gasteiger charge is -1.92. The Morgan fingerprint density at radius 3 is 2.77 bits per heavy atom. The molecule has 1 aromatic rings. The Balaban J connectivity index is 2.75. The normalized spacial score (nSPS) is 11.5. The molecule has 0 atom stereocenters. The SMILES string of the molecule is C=C(/C=C\C=C/C)c1nnsc1C. The van der Waals surface area contributed by atoms with Crippen LogP contribution in [0, 0.1) is 6.92 Å². The fourth-order valence-corrected chi connectivity index (χ4v) is 1.39. The lowest BCUT2D eigenvalue weighted by molar-refractivity contribution is 1.12. The quantitative estimate of drug-likeness (QED) is 0.688. The first-order valence-electron chi connectivity index (χ1n) is 4.03. The smallest absolute Gasteiger partial charge is 0.108 e. The van der Waals surface area contributed by atoms with Crippen molar-refractivity contribution in [1.82, 2.24) is 9.59 Å². The van der Waals surface area contributed by atoms with Crippen LogP contribution in [0.2, 0.25) is 0 Å². The maximum absolute atomic E-state index is 3.99. The van der Waals surface area contributed by atoms with Gasteiger partial charge in [0.25, 0.3) is 0 Å². The van der Waals surface area contributed by atoms with Crippen molar-refractivity contribution >= 4 is 17.1 Å². The summed E-state index contributed by atoms with van der Waals surface area (Å²) in [5, 5.41) is 3.99. The second-order valence-electron chi connectivity index (χ2n) is 2.59. The number of allylic oxidation sites excluding steroid dienone is 5. The van der Waals surface area contributed by atoms with Crippen molar-refractivity contribution in [3.05, 3.63) is 41.5 Å². The minimum atomic E-state index is 0.894. The van der Waals surface area contributed by atoms with E-state index in [1.54, 1.807) is 0 Å². The fraction of sp³-hybridized carbons (Fsp3) is 0.200. The molecule has 0 unspecified atom stereocenters. The highest BCUT2D eigenvalue weighted by Crippen LogP contribution is 2.17. The van der Waals surface area contributed by atoms with Gasteiger partial charge in [-0.1, -0.05) is 35.4 Å². The van der Waals surface area contributed by atoms with Gasteiger partial charge in [-0.25, -0.2) is 0 Å². The van der Waals surface area contributed by atoms with Crippen LogP contribution >= 0.6 is 11.5 Å². The van der Waals surface area contributed by atoms with E-state index in [-0.39, 0.29) is 0 Å². The lowest BCUT2D eigenvalue weighted by atomic mass is 10.2. The van der Waals surface area contributed by atoms with Crippen molar-refractivity contribution in [1.29, 1.82) is 0 Å². The molecule has 68 valence electrons. The first-order valence-corrected chi connectivity index (χ1v) is 4.80. The standard InChI is InChI=1S/C10H12N2S/c1-4-5-6-7-8(2)10-9(3)13-12-11-10/h4-7H,2H2,1,3H3/b5-4-,7-6-. The zero-order valence-electron chi connectivity index (χ0n) is 7.82. The molecule has 1 heterocycles. The molecule has 0 saturated heterocycles. The Morgan fingerprint density at radius 1 is 1.46 bits per heavy atom. The van der Waals surface area contributed by atoms with Crippen LogP contribution in [0.5, 0.6) is 0 Å². The van der Waals surface area contributed by atoms with Crippen molar-refractivity contribution in [2.24, 2.45) is 0 Å². The first-order chi connectivity index (χ1) is 6.25. The average molecular weight is 192 g/mol. The molecule has 0 amide bonds. The summed E-state index contributed by atoms with van der Waals surface area (Å²) < 4.78 is 3.85. The number of aryl methyl sites for hydroxylation is 1. The van der Waals surface area contributed by atoms with Crippen LogP contribution in [-0.4, -0.2) is 9.59 Å². The van der Waals surface area contributed by atoms with E-state index in [1.807, 2.05) is 38.2 Å². The largest absolute Gasteiger partial charge is 0.138 e. The van der Waals surface area contributed by atoms with Crippen molar-refractivity contribution < 1.29 is 0 Å². The van der Waals surface area contributed by atoms with E-state index in [0.29, 0.717) is 0 Å². The number of nitrogens with zero attached hydrogens (tertiary/aromatic N) is 2. The molecule has 1 aromatic heterocycles. The molecule has 13 heavy (non-hydrogen) atoms. The summed E-state index contributed by atoms with van der Waals surface area (Å²) in [6.45, 7) is 7.88. The number of aromatic nitrogens is 2. The predicted octanol–water partition coefficient (Wildman–Crippen LogP) is 2.99. The molecule has 0 radical (unpaired) electrons. The van der Waals surface area contributed by atoms with Gasteiger partial charge in [0.1, 0.15) is 5.69 Å². The number of rotatable bonds is 3. The molecular formula is C10H12N2S. The van der Waals surface area contributed by atoms with E-state index < -0.39 is 0 Å². The van der Waals surface area contributed by atoms with Crippen molar-refractivity contribution in [3.8, 4) is 0 Å². The van der Waals surface area contributed by atoms with Gasteiger partial charge in [-0.2, -0.15) is 0 Å². The Bertz CT molecular complexity index is 348. The lowest BCUT2D eigenvalue weighted by Crippen LogP contribution is -1.81. The van der Waals surface area contributed by atoms with E-state index in [4.69, 9.17) is 0 Å². The Hall–Kier alpha value is -1.22. The zero-order chi connectivity index (χ0) is 9.68.